The van der Waals surface area contributed by atoms with Gasteiger partial charge in [0.05, 0.1) is 0 Å². The molecule has 3 aromatic rings. The predicted molar refractivity (Wildman–Crippen MR) is 172 cm³/mol. The molecule has 0 radical (unpaired) electrons. The number of carbonyl (C=O) groups is 2. The number of nitrogens with one attached hydrogen (secondary N) is 2. The van der Waals surface area contributed by atoms with Crippen molar-refractivity contribution in [1.82, 2.24) is 4.98 Å². The maximum atomic E-state index is 12.9. The Morgan fingerprint density at radius 2 is 0.976 bits per heavy atom. The summed E-state index contributed by atoms with van der Waals surface area (Å²) in [6.07, 6.45) is 15.4. The molecule has 5 heteroatoms. The molecule has 0 aliphatic heterocycles. The fourth-order valence-corrected chi connectivity index (χ4v) is 7.15. The molecule has 0 atom stereocenters. The number of pyridine rings is 1. The van der Waals surface area contributed by atoms with Crippen molar-refractivity contribution in [2.45, 2.75) is 103 Å². The summed E-state index contributed by atoms with van der Waals surface area (Å²) < 4.78 is 0. The largest absolute Gasteiger partial charge is 0.306 e. The van der Waals surface area contributed by atoms with Crippen molar-refractivity contribution in [3.05, 3.63) is 89.0 Å². The molecule has 2 aromatic carbocycles. The second-order valence-electron chi connectivity index (χ2n) is 12.6. The van der Waals surface area contributed by atoms with Gasteiger partial charge in [0.25, 0.3) is 11.8 Å². The average Bonchev–Trinajstić information content (AvgIpc) is 3.02. The first-order valence-electron chi connectivity index (χ1n) is 16.3. The van der Waals surface area contributed by atoms with Crippen LogP contribution in [-0.2, 0) is 0 Å². The molecule has 5 nitrogen and oxygen atoms in total. The van der Waals surface area contributed by atoms with Crippen LogP contribution in [0.25, 0.3) is 0 Å². The summed E-state index contributed by atoms with van der Waals surface area (Å²) >= 11 is 0. The van der Waals surface area contributed by atoms with Crippen LogP contribution in [0.2, 0.25) is 0 Å². The van der Waals surface area contributed by atoms with Crippen LogP contribution in [0.1, 0.15) is 135 Å². The molecule has 2 N–H and O–H groups in total. The quantitative estimate of drug-likeness (QED) is 0.257. The predicted octanol–water partition coefficient (Wildman–Crippen LogP) is 9.73. The van der Waals surface area contributed by atoms with E-state index in [-0.39, 0.29) is 11.8 Å². The molecular weight excluding hydrogens is 518 g/mol. The number of hydrogen-bond acceptors (Lipinski definition) is 3. The zero-order valence-electron chi connectivity index (χ0n) is 25.4. The molecule has 0 spiro atoms. The second-order valence-corrected chi connectivity index (χ2v) is 12.6. The second kappa shape index (κ2) is 14.6. The molecule has 0 saturated heterocycles. The number of rotatable bonds is 10. The zero-order chi connectivity index (χ0) is 29.3. The number of hydrogen-bond donors (Lipinski definition) is 2. The summed E-state index contributed by atoms with van der Waals surface area (Å²) in [7, 11) is 0. The van der Waals surface area contributed by atoms with Gasteiger partial charge in [0.15, 0.2) is 0 Å². The first-order valence-corrected chi connectivity index (χ1v) is 16.3. The molecule has 5 rings (SSSR count). The summed E-state index contributed by atoms with van der Waals surface area (Å²) in [4.78, 5) is 30.4. The van der Waals surface area contributed by atoms with Crippen LogP contribution < -0.4 is 10.6 Å². The zero-order valence-corrected chi connectivity index (χ0v) is 25.4. The van der Waals surface area contributed by atoms with Gasteiger partial charge in [-0.05, 0) is 123 Å². The highest BCUT2D eigenvalue weighted by molar-refractivity contribution is 6.05. The maximum Gasteiger partial charge on any atom is 0.256 e. The molecule has 1 aromatic heterocycles. The molecule has 2 fully saturated rings. The Kier molecular flexibility index (Phi) is 10.4. The van der Waals surface area contributed by atoms with E-state index < -0.39 is 0 Å². The van der Waals surface area contributed by atoms with Crippen LogP contribution in [0.5, 0.6) is 0 Å². The Bertz CT molecular complexity index is 1200. The summed E-state index contributed by atoms with van der Waals surface area (Å²) in [5.41, 5.74) is 3.87. The van der Waals surface area contributed by atoms with Crippen molar-refractivity contribution in [3.63, 3.8) is 0 Å². The van der Waals surface area contributed by atoms with Gasteiger partial charge in [-0.2, -0.15) is 0 Å². The van der Waals surface area contributed by atoms with E-state index in [1.54, 1.807) is 18.2 Å². The number of benzene rings is 2. The molecule has 1 heterocycles. The third-order valence-corrected chi connectivity index (χ3v) is 9.61. The summed E-state index contributed by atoms with van der Waals surface area (Å²) in [5, 5.41) is 5.77. The van der Waals surface area contributed by atoms with Crippen LogP contribution >= 0.6 is 0 Å². The lowest BCUT2D eigenvalue weighted by molar-refractivity contribution is 0.101. The first-order chi connectivity index (χ1) is 20.5. The first kappa shape index (κ1) is 30.0. The molecule has 2 saturated carbocycles. The topological polar surface area (TPSA) is 71.1 Å². The number of carbonyl (C=O) groups excluding carboxylic acids is 2. The van der Waals surface area contributed by atoms with Gasteiger partial charge >= 0.3 is 0 Å². The van der Waals surface area contributed by atoms with Crippen molar-refractivity contribution in [3.8, 4) is 0 Å². The third-order valence-electron chi connectivity index (χ3n) is 9.61. The Morgan fingerprint density at radius 1 is 0.595 bits per heavy atom. The fraction of sp³-hybridized carbons (Fsp3) is 0.486. The van der Waals surface area contributed by atoms with Gasteiger partial charge < -0.3 is 10.6 Å². The van der Waals surface area contributed by atoms with E-state index in [9.17, 15) is 9.59 Å². The van der Waals surface area contributed by atoms with Crippen LogP contribution in [0.15, 0.2) is 66.7 Å². The maximum absolute atomic E-state index is 12.9. The van der Waals surface area contributed by atoms with Gasteiger partial charge in [0.2, 0.25) is 0 Å². The van der Waals surface area contributed by atoms with E-state index in [4.69, 9.17) is 0 Å². The van der Waals surface area contributed by atoms with E-state index >= 15 is 0 Å². The lowest BCUT2D eigenvalue weighted by Gasteiger charge is -2.28. The molecular formula is C37H47N3O2. The number of amides is 2. The van der Waals surface area contributed by atoms with Crippen LogP contribution in [-0.4, -0.2) is 16.8 Å². The van der Waals surface area contributed by atoms with E-state index in [0.29, 0.717) is 34.6 Å². The third kappa shape index (κ3) is 7.87. The molecule has 2 aliphatic rings. The van der Waals surface area contributed by atoms with Gasteiger partial charge in [-0.3, -0.25) is 9.59 Å². The van der Waals surface area contributed by atoms with E-state index in [1.807, 2.05) is 24.3 Å². The number of anilines is 2. The van der Waals surface area contributed by atoms with Crippen molar-refractivity contribution in [2.75, 3.05) is 10.6 Å². The highest BCUT2D eigenvalue weighted by Gasteiger charge is 2.23. The molecule has 42 heavy (non-hydrogen) atoms. The number of nitrogens with zero attached hydrogens (tertiary/aromatic N) is 1. The lowest BCUT2D eigenvalue weighted by Crippen LogP contribution is -2.16. The molecule has 2 aliphatic carbocycles. The van der Waals surface area contributed by atoms with Gasteiger partial charge in [-0.1, -0.05) is 69.9 Å². The van der Waals surface area contributed by atoms with Crippen molar-refractivity contribution >= 4 is 23.5 Å². The van der Waals surface area contributed by atoms with Gasteiger partial charge in [0.1, 0.15) is 11.6 Å². The van der Waals surface area contributed by atoms with Gasteiger partial charge in [0, 0.05) is 11.1 Å². The lowest BCUT2D eigenvalue weighted by atomic mass is 9.77. The van der Waals surface area contributed by atoms with Crippen molar-refractivity contribution < 1.29 is 9.59 Å². The Labute approximate surface area is 251 Å². The van der Waals surface area contributed by atoms with Crippen LogP contribution in [0.3, 0.4) is 0 Å². The SMILES string of the molecule is CCCC1CCC(c2ccc(C(=O)Nc3cccc(NC(=O)c4ccc(C5CCC(CCC)CC5)cc4)n3)cc2)CC1. The minimum Gasteiger partial charge on any atom is -0.306 e. The van der Waals surface area contributed by atoms with Crippen LogP contribution in [0.4, 0.5) is 11.6 Å². The number of aromatic nitrogens is 1. The monoisotopic (exact) mass is 565 g/mol. The normalized spacial score (nSPS) is 22.3. The summed E-state index contributed by atoms with van der Waals surface area (Å²) in [6, 6.07) is 21.3. The highest BCUT2D eigenvalue weighted by atomic mass is 16.2. The Morgan fingerprint density at radius 3 is 1.33 bits per heavy atom. The minimum absolute atomic E-state index is 0.205. The van der Waals surface area contributed by atoms with Gasteiger partial charge in [-0.25, -0.2) is 4.98 Å². The standard InChI is InChI=1S/C37H47N3O2/c1-3-6-26-10-14-28(15-11-26)30-18-22-32(23-19-30)36(41)39-34-8-5-9-35(38-34)40-37(42)33-24-20-31(21-25-33)29-16-12-27(7-4-2)13-17-29/h5,8-9,18-29H,3-4,6-7,10-17H2,1-2H3,(H2,38,39,40,41,42). The van der Waals surface area contributed by atoms with Gasteiger partial charge in [-0.15, -0.1) is 0 Å². The molecule has 2 amide bonds. The molecule has 0 unspecified atom stereocenters. The van der Waals surface area contributed by atoms with Crippen molar-refractivity contribution in [1.29, 1.82) is 0 Å². The van der Waals surface area contributed by atoms with Crippen LogP contribution in [0, 0.1) is 11.8 Å². The highest BCUT2D eigenvalue weighted by Crippen LogP contribution is 2.38. The van der Waals surface area contributed by atoms with Crippen molar-refractivity contribution in [2.24, 2.45) is 11.8 Å². The van der Waals surface area contributed by atoms with E-state index in [0.717, 1.165) is 11.8 Å². The molecule has 0 bridgehead atoms. The smallest absolute Gasteiger partial charge is 0.256 e. The fourth-order valence-electron chi connectivity index (χ4n) is 7.15. The summed E-state index contributed by atoms with van der Waals surface area (Å²) in [5.74, 6) is 3.37. The Balaban J connectivity index is 1.13. The molecule has 222 valence electrons. The minimum atomic E-state index is -0.205. The van der Waals surface area contributed by atoms with E-state index in [1.165, 1.54) is 88.2 Å². The average molecular weight is 566 g/mol. The van der Waals surface area contributed by atoms with E-state index in [2.05, 4.69) is 53.7 Å². The Hall–Kier alpha value is -3.47. The summed E-state index contributed by atoms with van der Waals surface area (Å²) in [6.45, 7) is 4.55.